The van der Waals surface area contributed by atoms with Crippen molar-refractivity contribution in [3.63, 3.8) is 0 Å². The van der Waals surface area contributed by atoms with Crippen LogP contribution in [0.1, 0.15) is 37.0 Å². The summed E-state index contributed by atoms with van der Waals surface area (Å²) in [6, 6.07) is 1.89. The van der Waals surface area contributed by atoms with Gasteiger partial charge in [-0.05, 0) is 25.3 Å². The van der Waals surface area contributed by atoms with Crippen molar-refractivity contribution in [1.29, 1.82) is 0 Å². The highest BCUT2D eigenvalue weighted by Gasteiger charge is 2.18. The summed E-state index contributed by atoms with van der Waals surface area (Å²) < 4.78 is 12.6. The fourth-order valence-electron chi connectivity index (χ4n) is 2.36. The first-order valence-electron chi connectivity index (χ1n) is 7.64. The van der Waals surface area contributed by atoms with Crippen molar-refractivity contribution in [2.24, 2.45) is 5.92 Å². The van der Waals surface area contributed by atoms with Gasteiger partial charge in [0.1, 0.15) is 5.69 Å². The van der Waals surface area contributed by atoms with Crippen molar-refractivity contribution in [3.05, 3.63) is 17.5 Å². The van der Waals surface area contributed by atoms with Gasteiger partial charge in [0.05, 0.1) is 31.6 Å². The zero-order valence-electron chi connectivity index (χ0n) is 13.1. The molecule has 6 nitrogen and oxygen atoms in total. The van der Waals surface area contributed by atoms with Crippen LogP contribution in [0.2, 0.25) is 0 Å². The Morgan fingerprint density at radius 2 is 2.33 bits per heavy atom. The van der Waals surface area contributed by atoms with Gasteiger partial charge in [-0.25, -0.2) is 0 Å². The summed E-state index contributed by atoms with van der Waals surface area (Å²) in [6.07, 6.45) is 0.822. The molecule has 0 spiro atoms. The van der Waals surface area contributed by atoms with Crippen LogP contribution in [0.3, 0.4) is 0 Å². The topological polar surface area (TPSA) is 65.4 Å². The van der Waals surface area contributed by atoms with E-state index in [0.717, 1.165) is 12.1 Å². The maximum absolute atomic E-state index is 12.3. The summed E-state index contributed by atoms with van der Waals surface area (Å²) in [5.41, 5.74) is 1.58. The zero-order valence-corrected chi connectivity index (χ0v) is 13.1. The number of hydrogen-bond acceptors (Lipinski definition) is 4. The van der Waals surface area contributed by atoms with Crippen molar-refractivity contribution in [3.8, 4) is 0 Å². The Labute approximate surface area is 125 Å². The number of rotatable bonds is 6. The summed E-state index contributed by atoms with van der Waals surface area (Å²) in [6.45, 7) is 9.18. The second-order valence-electron chi connectivity index (χ2n) is 5.71. The quantitative estimate of drug-likeness (QED) is 0.858. The summed E-state index contributed by atoms with van der Waals surface area (Å²) in [7, 11) is 0. The number of hydrogen-bond donors (Lipinski definition) is 1. The second kappa shape index (κ2) is 7.56. The predicted octanol–water partition coefficient (Wildman–Crippen LogP) is 1.25. The standard InChI is InChI=1S/C15H25N3O3/c1-4-18-14(8-12(17-18)7-11(2)3)15(19)16-9-13-10-20-5-6-21-13/h8,11,13H,4-7,9-10H2,1-3H3,(H,16,19). The molecule has 0 bridgehead atoms. The molecule has 0 saturated carbocycles. The Morgan fingerprint density at radius 3 is 2.95 bits per heavy atom. The van der Waals surface area contributed by atoms with Gasteiger partial charge in [0.25, 0.3) is 5.91 Å². The van der Waals surface area contributed by atoms with Crippen LogP contribution >= 0.6 is 0 Å². The van der Waals surface area contributed by atoms with Gasteiger partial charge in [-0.3, -0.25) is 9.48 Å². The Morgan fingerprint density at radius 1 is 1.52 bits per heavy atom. The highest BCUT2D eigenvalue weighted by atomic mass is 16.6. The molecule has 1 aromatic heterocycles. The van der Waals surface area contributed by atoms with Crippen LogP contribution in [0, 0.1) is 5.92 Å². The third kappa shape index (κ3) is 4.54. The van der Waals surface area contributed by atoms with E-state index in [1.54, 1.807) is 4.68 Å². The van der Waals surface area contributed by atoms with E-state index in [-0.39, 0.29) is 12.0 Å². The lowest BCUT2D eigenvalue weighted by Gasteiger charge is -2.23. The molecule has 2 heterocycles. The molecule has 1 aliphatic rings. The van der Waals surface area contributed by atoms with E-state index in [1.165, 1.54) is 0 Å². The summed E-state index contributed by atoms with van der Waals surface area (Å²) in [5, 5.41) is 7.39. The SMILES string of the molecule is CCn1nc(CC(C)C)cc1C(=O)NCC1COCCO1. The first-order chi connectivity index (χ1) is 10.1. The molecule has 21 heavy (non-hydrogen) atoms. The number of nitrogens with zero attached hydrogens (tertiary/aromatic N) is 2. The number of aryl methyl sites for hydroxylation is 1. The maximum Gasteiger partial charge on any atom is 0.269 e. The number of amides is 1. The van der Waals surface area contributed by atoms with Crippen molar-refractivity contribution in [2.75, 3.05) is 26.4 Å². The first-order valence-corrected chi connectivity index (χ1v) is 7.64. The van der Waals surface area contributed by atoms with Crippen LogP contribution in [0.25, 0.3) is 0 Å². The van der Waals surface area contributed by atoms with Gasteiger partial charge in [0.2, 0.25) is 0 Å². The van der Waals surface area contributed by atoms with Crippen LogP contribution in [0.5, 0.6) is 0 Å². The maximum atomic E-state index is 12.3. The van der Waals surface area contributed by atoms with Gasteiger partial charge >= 0.3 is 0 Å². The lowest BCUT2D eigenvalue weighted by molar-refractivity contribution is -0.0855. The molecule has 1 atom stereocenters. The van der Waals surface area contributed by atoms with E-state index in [1.807, 2.05) is 13.0 Å². The minimum absolute atomic E-state index is 0.0594. The van der Waals surface area contributed by atoms with E-state index in [9.17, 15) is 4.79 Å². The molecule has 1 amide bonds. The third-order valence-corrected chi connectivity index (χ3v) is 3.36. The molecule has 1 aliphatic heterocycles. The molecule has 1 saturated heterocycles. The highest BCUT2D eigenvalue weighted by molar-refractivity contribution is 5.92. The fourth-order valence-corrected chi connectivity index (χ4v) is 2.36. The summed E-state index contributed by atoms with van der Waals surface area (Å²) >= 11 is 0. The molecule has 0 radical (unpaired) electrons. The molecular formula is C15H25N3O3. The van der Waals surface area contributed by atoms with Crippen LogP contribution in [0.4, 0.5) is 0 Å². The molecule has 0 aromatic carbocycles. The molecule has 1 unspecified atom stereocenters. The van der Waals surface area contributed by atoms with Crippen LogP contribution in [-0.4, -0.2) is 48.2 Å². The monoisotopic (exact) mass is 295 g/mol. The van der Waals surface area contributed by atoms with Gasteiger partial charge in [0, 0.05) is 13.1 Å². The Bertz CT molecular complexity index is 465. The number of ether oxygens (including phenoxy) is 2. The largest absolute Gasteiger partial charge is 0.376 e. The van der Waals surface area contributed by atoms with Gasteiger partial charge < -0.3 is 14.8 Å². The molecule has 1 N–H and O–H groups in total. The highest BCUT2D eigenvalue weighted by Crippen LogP contribution is 2.10. The van der Waals surface area contributed by atoms with Crippen molar-refractivity contribution >= 4 is 5.91 Å². The van der Waals surface area contributed by atoms with E-state index in [0.29, 0.717) is 44.5 Å². The lowest BCUT2D eigenvalue weighted by Crippen LogP contribution is -2.40. The average Bonchev–Trinajstić information content (AvgIpc) is 2.88. The lowest BCUT2D eigenvalue weighted by atomic mass is 10.1. The normalized spacial score (nSPS) is 19.0. The molecule has 6 heteroatoms. The molecule has 1 aromatic rings. The van der Waals surface area contributed by atoms with Crippen molar-refractivity contribution in [1.82, 2.24) is 15.1 Å². The van der Waals surface area contributed by atoms with E-state index >= 15 is 0 Å². The molecule has 2 rings (SSSR count). The third-order valence-electron chi connectivity index (χ3n) is 3.36. The number of carbonyl (C=O) groups is 1. The average molecular weight is 295 g/mol. The van der Waals surface area contributed by atoms with E-state index in [4.69, 9.17) is 9.47 Å². The molecular weight excluding hydrogens is 270 g/mol. The number of carbonyl (C=O) groups excluding carboxylic acids is 1. The van der Waals surface area contributed by atoms with Crippen LogP contribution in [0.15, 0.2) is 6.07 Å². The van der Waals surface area contributed by atoms with Gasteiger partial charge in [-0.15, -0.1) is 0 Å². The Hall–Kier alpha value is -1.40. The Kier molecular flexibility index (Phi) is 5.76. The zero-order chi connectivity index (χ0) is 15.2. The van der Waals surface area contributed by atoms with Crippen LogP contribution < -0.4 is 5.32 Å². The van der Waals surface area contributed by atoms with Gasteiger partial charge in [-0.2, -0.15) is 5.10 Å². The van der Waals surface area contributed by atoms with E-state index < -0.39 is 0 Å². The minimum atomic E-state index is -0.103. The van der Waals surface area contributed by atoms with Crippen molar-refractivity contribution < 1.29 is 14.3 Å². The fraction of sp³-hybridized carbons (Fsp3) is 0.733. The summed E-state index contributed by atoms with van der Waals surface area (Å²) in [4.78, 5) is 12.3. The van der Waals surface area contributed by atoms with Crippen LogP contribution in [-0.2, 0) is 22.4 Å². The number of nitrogens with one attached hydrogen (secondary N) is 1. The second-order valence-corrected chi connectivity index (χ2v) is 5.71. The first kappa shape index (κ1) is 16.0. The number of aromatic nitrogens is 2. The molecule has 0 aliphatic carbocycles. The Balaban J connectivity index is 1.95. The smallest absolute Gasteiger partial charge is 0.269 e. The summed E-state index contributed by atoms with van der Waals surface area (Å²) in [5.74, 6) is 0.419. The minimum Gasteiger partial charge on any atom is -0.376 e. The van der Waals surface area contributed by atoms with Crippen molar-refractivity contribution in [2.45, 2.75) is 39.8 Å². The molecule has 1 fully saturated rings. The molecule has 118 valence electrons. The van der Waals surface area contributed by atoms with Gasteiger partial charge in [-0.1, -0.05) is 13.8 Å². The van der Waals surface area contributed by atoms with Gasteiger partial charge in [0.15, 0.2) is 0 Å². The van der Waals surface area contributed by atoms with E-state index in [2.05, 4.69) is 24.3 Å². The predicted molar refractivity (Wildman–Crippen MR) is 79.3 cm³/mol.